The number of aromatic nitrogens is 2. The Bertz CT molecular complexity index is 4300. The van der Waals surface area contributed by atoms with Crippen LogP contribution in [-0.2, 0) is 29.4 Å². The molecule has 4 heterocycles. The van der Waals surface area contributed by atoms with Gasteiger partial charge in [-0.1, -0.05) is 129 Å². The van der Waals surface area contributed by atoms with Gasteiger partial charge in [-0.05, 0) is 182 Å². The van der Waals surface area contributed by atoms with E-state index in [0.717, 1.165) is 98.9 Å². The van der Waals surface area contributed by atoms with Gasteiger partial charge in [-0.25, -0.2) is 4.85 Å². The number of para-hydroxylation sites is 2. The lowest BCUT2D eigenvalue weighted by Crippen LogP contribution is -1.99. The molecule has 0 unspecified atom stereocenters. The highest BCUT2D eigenvalue weighted by molar-refractivity contribution is 9.10. The zero-order valence-corrected chi connectivity index (χ0v) is 46.2. The van der Waals surface area contributed by atoms with Gasteiger partial charge in [-0.3, -0.25) is 0 Å². The van der Waals surface area contributed by atoms with E-state index in [1.807, 2.05) is 66.0 Å². The Morgan fingerprint density at radius 2 is 0.818 bits per heavy atom. The highest BCUT2D eigenvalue weighted by Crippen LogP contribution is 2.43. The molecule has 0 saturated carbocycles. The van der Waals surface area contributed by atoms with Crippen LogP contribution < -0.4 is 0 Å². The van der Waals surface area contributed by atoms with Gasteiger partial charge in [0.25, 0.3) is 0 Å². The highest BCUT2D eigenvalue weighted by atomic mass is 79.9. The van der Waals surface area contributed by atoms with E-state index in [-0.39, 0.29) is 0 Å². The van der Waals surface area contributed by atoms with Crippen LogP contribution in [0.3, 0.4) is 0 Å². The van der Waals surface area contributed by atoms with Crippen molar-refractivity contribution in [2.45, 2.75) is 29.4 Å². The maximum absolute atomic E-state index is 9.60. The Labute approximate surface area is 472 Å². The largest absolute Gasteiger partial charge is 0.309 e. The number of hydrogen-bond acceptors (Lipinski definition) is 4. The van der Waals surface area contributed by atoms with Crippen LogP contribution >= 0.6 is 55.4 Å². The maximum atomic E-state index is 9.60. The second-order valence-corrected chi connectivity index (χ2v) is 23.3. The maximum Gasteiger partial charge on any atom is 0.188 e. The van der Waals surface area contributed by atoms with E-state index >= 15 is 0 Å². The number of nitriles is 2. The Morgan fingerprint density at radius 3 is 1.39 bits per heavy atom. The van der Waals surface area contributed by atoms with Gasteiger partial charge in [0.15, 0.2) is 5.69 Å². The topological polar surface area (TPSA) is 61.8 Å². The van der Waals surface area contributed by atoms with Crippen molar-refractivity contribution in [3.63, 3.8) is 0 Å². The molecule has 5 nitrogen and oxygen atoms in total. The van der Waals surface area contributed by atoms with Crippen LogP contribution in [-0.4, -0.2) is 9.13 Å². The predicted molar refractivity (Wildman–Crippen MR) is 328 cm³/mol. The minimum atomic E-state index is 0.653. The van der Waals surface area contributed by atoms with Crippen LogP contribution in [0.15, 0.2) is 209 Å². The monoisotopic (exact) mass is 1150 g/mol. The molecule has 2 aromatic heterocycles. The van der Waals surface area contributed by atoms with E-state index in [0.29, 0.717) is 11.3 Å². The number of thioether (sulfide) groups is 2. The van der Waals surface area contributed by atoms with Crippen molar-refractivity contribution in [1.29, 1.82) is 10.5 Å². The lowest BCUT2D eigenvalue weighted by molar-refractivity contribution is 1.17. The molecule has 9 heteroatoms. The van der Waals surface area contributed by atoms with Gasteiger partial charge in [-0.15, -0.1) is 0 Å². The first-order valence-electron chi connectivity index (χ1n) is 25.3. The summed E-state index contributed by atoms with van der Waals surface area (Å²) in [6.07, 6.45) is 0.997. The molecule has 0 saturated heterocycles. The van der Waals surface area contributed by atoms with Crippen LogP contribution in [0.4, 0.5) is 5.69 Å². The van der Waals surface area contributed by atoms with Crippen LogP contribution in [0, 0.1) is 29.2 Å². The predicted octanol–water partition coefficient (Wildman–Crippen LogP) is 19.5. The van der Waals surface area contributed by atoms with Gasteiger partial charge < -0.3 is 9.13 Å². The number of halogens is 2. The van der Waals surface area contributed by atoms with E-state index in [9.17, 15) is 5.26 Å². The summed E-state index contributed by atoms with van der Waals surface area (Å²) in [6.45, 7) is 7.57. The lowest BCUT2D eigenvalue weighted by Gasteiger charge is -2.16. The summed E-state index contributed by atoms with van der Waals surface area (Å²) in [5, 5.41) is 22.9. The number of nitrogens with zero attached hydrogens (tertiary/aromatic N) is 5. The molecule has 0 spiro atoms. The zero-order chi connectivity index (χ0) is 52.1. The second-order valence-electron chi connectivity index (χ2n) is 19.5. The molecule has 1 aliphatic carbocycles. The Kier molecular flexibility index (Phi) is 12.9. The third-order valence-electron chi connectivity index (χ3n) is 15.0. The third-order valence-corrected chi connectivity index (χ3v) is 18.0. The van der Waals surface area contributed by atoms with Crippen LogP contribution in [0.1, 0.15) is 44.5 Å². The molecule has 77 heavy (non-hydrogen) atoms. The summed E-state index contributed by atoms with van der Waals surface area (Å²) < 4.78 is 6.96. The molecule has 15 rings (SSSR count). The SMILES string of the molecule is Brc1ccc2c(c1)-c1cc(Br)ccc1CSC2.N#Cc1ccc2c(c1)-c1ccccc1C2.[C-]#[N+]c1ccc2c(c1)c1ccccc1n2-c1ccc2c(c1)-c1cc(-n3c4ccccc4c4cc(C#N)ccc43)ccc1CSC2. The van der Waals surface area contributed by atoms with Crippen molar-refractivity contribution in [3.05, 3.63) is 265 Å². The average Bonchev–Trinajstić information content (AvgIpc) is 4.11. The van der Waals surface area contributed by atoms with Gasteiger partial charge in [0.2, 0.25) is 0 Å². The van der Waals surface area contributed by atoms with Gasteiger partial charge in [0.05, 0.1) is 51.9 Å². The van der Waals surface area contributed by atoms with Crippen molar-refractivity contribution in [2.75, 3.05) is 0 Å². The minimum absolute atomic E-state index is 0.653. The summed E-state index contributed by atoms with van der Waals surface area (Å²) in [5.41, 5.74) is 24.7. The summed E-state index contributed by atoms with van der Waals surface area (Å²) in [5.74, 6) is 4.09. The molecule has 366 valence electrons. The van der Waals surface area contributed by atoms with Crippen LogP contribution in [0.2, 0.25) is 0 Å². The van der Waals surface area contributed by atoms with E-state index in [1.54, 1.807) is 0 Å². The average molecular weight is 1150 g/mol. The minimum Gasteiger partial charge on any atom is -0.309 e. The molecule has 10 aromatic carbocycles. The number of rotatable bonds is 2. The summed E-state index contributed by atoms with van der Waals surface area (Å²) in [6, 6.07) is 74.7. The number of benzene rings is 10. The summed E-state index contributed by atoms with van der Waals surface area (Å²) in [7, 11) is 0. The summed E-state index contributed by atoms with van der Waals surface area (Å²) >= 11 is 11.1. The van der Waals surface area contributed by atoms with Crippen molar-refractivity contribution in [2.24, 2.45) is 0 Å². The normalized spacial score (nSPS) is 12.7. The molecule has 3 aliphatic rings. The Hall–Kier alpha value is -8.07. The van der Waals surface area contributed by atoms with Crippen molar-refractivity contribution in [1.82, 2.24) is 9.13 Å². The van der Waals surface area contributed by atoms with Crippen molar-refractivity contribution < 1.29 is 0 Å². The molecular formula is C68H43Br2N5S2. The van der Waals surface area contributed by atoms with Crippen LogP contribution in [0.5, 0.6) is 0 Å². The van der Waals surface area contributed by atoms with Crippen LogP contribution in [0.25, 0.3) is 93.2 Å². The lowest BCUT2D eigenvalue weighted by atomic mass is 9.95. The molecule has 0 amide bonds. The quantitative estimate of drug-likeness (QED) is 0.162. The first-order valence-corrected chi connectivity index (χ1v) is 29.2. The van der Waals surface area contributed by atoms with E-state index < -0.39 is 0 Å². The van der Waals surface area contributed by atoms with E-state index in [1.165, 1.54) is 66.8 Å². The fraction of sp³-hybridized carbons (Fsp3) is 0.0735. The molecule has 2 aliphatic heterocycles. The third kappa shape index (κ3) is 8.92. The first kappa shape index (κ1) is 48.6. The standard InChI is InChI=1S/C40H24N4S.C14H10Br2S.C14H9N/c1-42-28-13-17-40-36(19-28)32-7-3-5-9-38(32)44(40)30-15-12-27-24-45-23-26-11-14-29(20-33(26)34(27)21-30)43-37-8-4-2-6-31(37)35-18-25(22-41)10-16-39(35)43;15-11-3-1-9-7-17-8-10-2-4-12(16)6-14(10)13(9)5-11;15-9-10-5-6-12-8-11-3-1-2-4-13(11)14(12)7-10/h2-21H,23-24H2;1-6H,7-8H2;1-7H,8H2. The smallest absolute Gasteiger partial charge is 0.188 e. The van der Waals surface area contributed by atoms with Gasteiger partial charge in [0, 0.05) is 59.5 Å². The highest BCUT2D eigenvalue weighted by Gasteiger charge is 2.22. The fourth-order valence-electron chi connectivity index (χ4n) is 11.4. The fourth-order valence-corrected chi connectivity index (χ4v) is 14.2. The first-order chi connectivity index (χ1) is 37.8. The Morgan fingerprint density at radius 1 is 0.390 bits per heavy atom. The van der Waals surface area contributed by atoms with Gasteiger partial charge in [0.1, 0.15) is 0 Å². The molecule has 0 atom stereocenters. The zero-order valence-electron chi connectivity index (χ0n) is 41.4. The van der Waals surface area contributed by atoms with E-state index in [2.05, 4.69) is 216 Å². The molecule has 12 aromatic rings. The molecule has 0 radical (unpaired) electrons. The van der Waals surface area contributed by atoms with Crippen molar-refractivity contribution in [3.8, 4) is 56.9 Å². The second kappa shape index (κ2) is 20.5. The molecule has 0 bridgehead atoms. The summed E-state index contributed by atoms with van der Waals surface area (Å²) in [4.78, 5) is 3.70. The van der Waals surface area contributed by atoms with E-state index in [4.69, 9.17) is 11.8 Å². The number of hydrogen-bond donors (Lipinski definition) is 0. The van der Waals surface area contributed by atoms with Crippen molar-refractivity contribution >= 4 is 105 Å². The molecule has 0 fully saturated rings. The molecule has 0 N–H and O–H groups in total. The van der Waals surface area contributed by atoms with Gasteiger partial charge >= 0.3 is 0 Å². The Balaban J connectivity index is 0.000000143. The van der Waals surface area contributed by atoms with Gasteiger partial charge in [-0.2, -0.15) is 34.0 Å². The number of fused-ring (bicyclic) bond motifs is 15. The molecular weight excluding hydrogens is 1110 g/mol.